The Kier molecular flexibility index (Phi) is 10.5. The summed E-state index contributed by atoms with van der Waals surface area (Å²) in [5.41, 5.74) is 4.26. The van der Waals surface area contributed by atoms with Crippen LogP contribution in [-0.4, -0.2) is 59.1 Å². The lowest BCUT2D eigenvalue weighted by molar-refractivity contribution is -0.641. The Morgan fingerprint density at radius 2 is 1.80 bits per heavy atom. The molecule has 13 heteroatoms. The molecule has 1 unspecified atom stereocenters. The zero-order valence-electron chi connectivity index (χ0n) is 25.2. The molecule has 2 aliphatic rings. The number of aromatic nitrogens is 1. The smallest absolute Gasteiger partial charge is 0.610 e. The minimum atomic E-state index is -2.79. The van der Waals surface area contributed by atoms with Crippen molar-refractivity contribution in [1.82, 2.24) is 15.1 Å². The van der Waals surface area contributed by atoms with Crippen LogP contribution in [0.1, 0.15) is 79.9 Å². The third kappa shape index (κ3) is 7.16. The van der Waals surface area contributed by atoms with Gasteiger partial charge in [-0.2, -0.15) is 4.65 Å². The van der Waals surface area contributed by atoms with E-state index >= 15 is 0 Å². The summed E-state index contributed by atoms with van der Waals surface area (Å²) in [7, 11) is -1.26. The highest BCUT2D eigenvalue weighted by atomic mass is 19.2. The number of hydroxylamine groups is 3. The van der Waals surface area contributed by atoms with E-state index in [4.69, 9.17) is 4.74 Å². The Morgan fingerprint density at radius 1 is 1.11 bits per heavy atom. The van der Waals surface area contributed by atoms with E-state index in [0.717, 1.165) is 21.8 Å². The number of quaternary nitrogens is 1. The van der Waals surface area contributed by atoms with Gasteiger partial charge in [0.25, 0.3) is 0 Å². The maximum Gasteiger partial charge on any atom is 0.674 e. The monoisotopic (exact) mass is 610 g/mol. The molecular formula is C31H37BF2N4O6. The van der Waals surface area contributed by atoms with Crippen LogP contribution in [0.5, 0.6) is 5.75 Å². The first-order valence-electron chi connectivity index (χ1n) is 14.7. The van der Waals surface area contributed by atoms with Crippen molar-refractivity contribution >= 4 is 37.1 Å². The van der Waals surface area contributed by atoms with Gasteiger partial charge < -0.3 is 25.1 Å². The maximum absolute atomic E-state index is 14.6. The van der Waals surface area contributed by atoms with Crippen molar-refractivity contribution in [2.24, 2.45) is 0 Å². The molecule has 1 aromatic carbocycles. The summed E-state index contributed by atoms with van der Waals surface area (Å²) in [5.74, 6) is -2.40. The number of imide groups is 3. The van der Waals surface area contributed by atoms with Gasteiger partial charge in [0.05, 0.1) is 32.4 Å². The second-order valence-electron chi connectivity index (χ2n) is 11.1. The van der Waals surface area contributed by atoms with E-state index in [1.165, 1.54) is 7.11 Å². The molecule has 0 bridgehead atoms. The van der Waals surface area contributed by atoms with Gasteiger partial charge in [0.15, 0.2) is 0 Å². The summed E-state index contributed by atoms with van der Waals surface area (Å²) < 4.78 is 32.4. The minimum absolute atomic E-state index is 0.0857. The number of allylic oxidation sites excluding steroid dienone is 1. The second kappa shape index (κ2) is 14.1. The number of hydrogen-bond donors (Lipinski definition) is 2. The molecule has 0 spiro atoms. The molecule has 1 aromatic heterocycles. The zero-order valence-corrected chi connectivity index (χ0v) is 25.2. The van der Waals surface area contributed by atoms with E-state index in [9.17, 15) is 33.0 Å². The Labute approximate surface area is 255 Å². The number of likely N-dealkylation sites (tertiary alicyclic amines) is 1. The number of halogens is 2. The van der Waals surface area contributed by atoms with E-state index in [0.29, 0.717) is 48.4 Å². The van der Waals surface area contributed by atoms with Gasteiger partial charge in [-0.25, -0.2) is 14.4 Å². The molecule has 3 heterocycles. The molecule has 2 N–H and O–H groups in total. The van der Waals surface area contributed by atoms with Crippen LogP contribution in [0.4, 0.5) is 8.63 Å². The summed E-state index contributed by atoms with van der Waals surface area (Å²) in [4.78, 5) is 52.6. The van der Waals surface area contributed by atoms with Crippen molar-refractivity contribution in [2.75, 3.05) is 13.7 Å². The predicted octanol–water partition coefficient (Wildman–Crippen LogP) is 5.03. The van der Waals surface area contributed by atoms with Crippen molar-refractivity contribution in [1.29, 1.82) is 0 Å². The molecule has 1 fully saturated rings. The molecular weight excluding hydrogens is 573 g/mol. The summed E-state index contributed by atoms with van der Waals surface area (Å²) in [6, 6.07) is 8.11. The fourth-order valence-electron chi connectivity index (χ4n) is 5.69. The molecule has 10 nitrogen and oxygen atoms in total. The van der Waals surface area contributed by atoms with Crippen LogP contribution in [0.3, 0.4) is 0 Å². The topological polar surface area (TPSA) is 132 Å². The summed E-state index contributed by atoms with van der Waals surface area (Å²) in [6.07, 6.45) is 4.52. The number of carbonyl (C=O) groups excluding carboxylic acids is 4. The van der Waals surface area contributed by atoms with Crippen LogP contribution in [0.25, 0.3) is 6.08 Å². The number of rotatable bonds is 13. The molecule has 0 saturated carbocycles. The number of H-pyrrole nitrogens is 1. The summed E-state index contributed by atoms with van der Waals surface area (Å²) in [6.45, 7) is 4.13. The lowest BCUT2D eigenvalue weighted by atomic mass is 9.93. The first kappa shape index (κ1) is 32.8. The standard InChI is InChI=1S/C31H37BF2N4O6/c1-20-17-21(2)36-26(20)19-24-18-23(31(37(24)32(33)34)22-8-11-25(44-3)12-9-22)10-13-27(39)35-16-6-4-5-7-28(40)38(43)29(41)14-15-30(38)42/h8-9,11-12,17-19,31,36H,4-7,10,13-16H2,1-3H3,(H,35,39)/b24-19-. The number of aryl methyl sites for hydroxylation is 2. The number of unbranched alkanes of at least 4 members (excludes halogenated alkanes) is 2. The Balaban J connectivity index is 1.36. The average Bonchev–Trinajstić information content (AvgIpc) is 3.61. The maximum atomic E-state index is 14.6. The van der Waals surface area contributed by atoms with Crippen molar-refractivity contribution in [2.45, 2.75) is 71.3 Å². The molecule has 0 radical (unpaired) electrons. The molecule has 1 atom stereocenters. The minimum Gasteiger partial charge on any atom is -0.610 e. The van der Waals surface area contributed by atoms with Crippen LogP contribution in [0.2, 0.25) is 0 Å². The van der Waals surface area contributed by atoms with Crippen molar-refractivity contribution < 1.29 is 37.2 Å². The number of aromatic amines is 1. The number of benzene rings is 1. The van der Waals surface area contributed by atoms with Gasteiger partial charge in [0.2, 0.25) is 5.91 Å². The quantitative estimate of drug-likeness (QED) is 0.107. The first-order chi connectivity index (χ1) is 20.9. The van der Waals surface area contributed by atoms with E-state index in [1.54, 1.807) is 36.4 Å². The van der Waals surface area contributed by atoms with Gasteiger partial charge in [-0.15, -0.1) is 0 Å². The number of nitrogens with zero attached hydrogens (tertiary/aromatic N) is 2. The third-order valence-corrected chi connectivity index (χ3v) is 8.02. The van der Waals surface area contributed by atoms with Crippen LogP contribution in [-0.2, 0) is 19.2 Å². The highest BCUT2D eigenvalue weighted by Gasteiger charge is 2.48. The number of amides is 4. The zero-order chi connectivity index (χ0) is 32.0. The average molecular weight is 610 g/mol. The van der Waals surface area contributed by atoms with E-state index < -0.39 is 35.8 Å². The van der Waals surface area contributed by atoms with Gasteiger partial charge in [-0.1, -0.05) is 18.6 Å². The Bertz CT molecular complexity index is 1450. The highest BCUT2D eigenvalue weighted by molar-refractivity contribution is 6.40. The summed E-state index contributed by atoms with van der Waals surface area (Å²) in [5, 5.41) is 15.2. The van der Waals surface area contributed by atoms with Gasteiger partial charge in [0, 0.05) is 30.1 Å². The van der Waals surface area contributed by atoms with Gasteiger partial charge >= 0.3 is 25.1 Å². The molecule has 234 valence electrons. The lowest BCUT2D eigenvalue weighted by Crippen LogP contribution is -2.51. The van der Waals surface area contributed by atoms with E-state index in [1.807, 2.05) is 19.9 Å². The number of hydrogen-bond acceptors (Lipinski definition) is 7. The molecule has 1 saturated heterocycles. The van der Waals surface area contributed by atoms with Gasteiger partial charge in [-0.05, 0) is 80.2 Å². The van der Waals surface area contributed by atoms with Crippen LogP contribution >= 0.6 is 0 Å². The number of ether oxygens (including phenoxy) is 1. The van der Waals surface area contributed by atoms with E-state index in [-0.39, 0.29) is 38.0 Å². The Morgan fingerprint density at radius 3 is 2.39 bits per heavy atom. The van der Waals surface area contributed by atoms with Crippen molar-refractivity contribution in [3.8, 4) is 5.75 Å². The first-order valence-corrected chi connectivity index (χ1v) is 14.7. The van der Waals surface area contributed by atoms with Gasteiger partial charge in [0.1, 0.15) is 5.75 Å². The molecule has 4 amide bonds. The highest BCUT2D eigenvalue weighted by Crippen LogP contribution is 2.43. The number of nitrogens with one attached hydrogen (secondary N) is 2. The normalized spacial score (nSPS) is 18.6. The number of carbonyl (C=O) groups is 4. The van der Waals surface area contributed by atoms with Crippen LogP contribution < -0.4 is 10.1 Å². The fraction of sp³-hybridized carbons (Fsp3) is 0.419. The van der Waals surface area contributed by atoms with Crippen LogP contribution in [0.15, 0.2) is 47.7 Å². The summed E-state index contributed by atoms with van der Waals surface area (Å²) >= 11 is 0. The molecule has 0 aliphatic carbocycles. The second-order valence-corrected chi connectivity index (χ2v) is 11.1. The number of methoxy groups -OCH3 is 1. The molecule has 2 aromatic rings. The molecule has 4 rings (SSSR count). The largest absolute Gasteiger partial charge is 0.674 e. The van der Waals surface area contributed by atoms with Crippen molar-refractivity contribution in [3.05, 3.63) is 75.4 Å². The van der Waals surface area contributed by atoms with Gasteiger partial charge in [-0.3, -0.25) is 13.4 Å². The SMILES string of the molecule is COc1ccc(C2C(CCC(=O)NCCCCCC(=O)[N+]3([O-])C(=O)CCC3=O)=C/C(=C/c3[nH]c(C)cc3C)N2B(F)F)cc1. The van der Waals surface area contributed by atoms with Crippen LogP contribution in [0, 0.1) is 19.1 Å². The van der Waals surface area contributed by atoms with E-state index in [2.05, 4.69) is 10.3 Å². The Hall–Kier alpha value is -4.10. The molecule has 44 heavy (non-hydrogen) atoms. The lowest BCUT2D eigenvalue weighted by Gasteiger charge is -2.29. The third-order valence-electron chi connectivity index (χ3n) is 8.02. The fourth-order valence-corrected chi connectivity index (χ4v) is 5.69. The van der Waals surface area contributed by atoms with Crippen molar-refractivity contribution in [3.63, 3.8) is 0 Å². The predicted molar refractivity (Wildman–Crippen MR) is 160 cm³/mol. The molecule has 2 aliphatic heterocycles.